The normalized spacial score (nSPS) is 14.9. The quantitative estimate of drug-likeness (QED) is 0.679. The summed E-state index contributed by atoms with van der Waals surface area (Å²) in [6.45, 7) is 5.27. The number of amides is 1. The first kappa shape index (κ1) is 12.1. The molecule has 1 aliphatic rings. The molecule has 0 spiro atoms. The maximum Gasteiger partial charge on any atom is 0.223 e. The van der Waals surface area contributed by atoms with Gasteiger partial charge in [0.15, 0.2) is 0 Å². The van der Waals surface area contributed by atoms with E-state index >= 15 is 0 Å². The van der Waals surface area contributed by atoms with Crippen molar-refractivity contribution in [1.82, 2.24) is 20.4 Å². The van der Waals surface area contributed by atoms with Gasteiger partial charge in [0.05, 0.1) is 5.69 Å². The van der Waals surface area contributed by atoms with E-state index in [-0.39, 0.29) is 5.91 Å². The minimum Gasteiger partial charge on any atom is -0.355 e. The monoisotopic (exact) mass is 236 g/mol. The number of aromatic nitrogens is 2. The van der Waals surface area contributed by atoms with E-state index in [1.165, 1.54) is 5.69 Å². The summed E-state index contributed by atoms with van der Waals surface area (Å²) in [4.78, 5) is 11.3. The second-order valence-corrected chi connectivity index (χ2v) is 4.38. The Balaban J connectivity index is 1.58. The maximum atomic E-state index is 11.3. The van der Waals surface area contributed by atoms with E-state index in [1.54, 1.807) is 0 Å². The molecule has 0 unspecified atom stereocenters. The predicted octanol–water partition coefficient (Wildman–Crippen LogP) is 0.519. The van der Waals surface area contributed by atoms with Crippen LogP contribution in [0.3, 0.4) is 0 Å². The molecule has 2 rings (SSSR count). The molecule has 2 N–H and O–H groups in total. The fourth-order valence-corrected chi connectivity index (χ4v) is 1.78. The number of carbonyl (C=O) groups is 1. The summed E-state index contributed by atoms with van der Waals surface area (Å²) in [6.07, 6.45) is 3.94. The highest BCUT2D eigenvalue weighted by Gasteiger charge is 2.28. The number of carbonyl (C=O) groups excluding carboxylic acids is 1. The molecule has 0 radical (unpaired) electrons. The standard InChI is InChI=1S/C12H20N4O/c1-2-16-11(5-6-15-16)9-13-7-8-14-12(17)10-3-4-10/h5-6,10,13H,2-4,7-9H2,1H3,(H,14,17). The van der Waals surface area contributed by atoms with E-state index < -0.39 is 0 Å². The Morgan fingerprint density at radius 2 is 2.35 bits per heavy atom. The highest BCUT2D eigenvalue weighted by molar-refractivity contribution is 5.80. The first-order valence-corrected chi connectivity index (χ1v) is 6.30. The van der Waals surface area contributed by atoms with Crippen molar-refractivity contribution in [2.75, 3.05) is 13.1 Å². The Labute approximate surface area is 102 Å². The Morgan fingerprint density at radius 3 is 3.06 bits per heavy atom. The molecule has 1 heterocycles. The van der Waals surface area contributed by atoms with Crippen LogP contribution in [0, 0.1) is 5.92 Å². The number of rotatable bonds is 7. The number of hydrogen-bond donors (Lipinski definition) is 2. The van der Waals surface area contributed by atoms with Gasteiger partial charge in [-0.05, 0) is 25.8 Å². The second-order valence-electron chi connectivity index (χ2n) is 4.38. The van der Waals surface area contributed by atoms with Crippen molar-refractivity contribution < 1.29 is 4.79 Å². The van der Waals surface area contributed by atoms with Crippen LogP contribution in [-0.4, -0.2) is 28.8 Å². The minimum atomic E-state index is 0.213. The van der Waals surface area contributed by atoms with Crippen molar-refractivity contribution >= 4 is 5.91 Å². The van der Waals surface area contributed by atoms with Gasteiger partial charge in [0, 0.05) is 38.3 Å². The van der Waals surface area contributed by atoms with Crippen LogP contribution in [0.5, 0.6) is 0 Å². The van der Waals surface area contributed by atoms with E-state index in [0.717, 1.165) is 32.5 Å². The molecule has 1 amide bonds. The van der Waals surface area contributed by atoms with Gasteiger partial charge in [-0.3, -0.25) is 9.48 Å². The van der Waals surface area contributed by atoms with Crippen LogP contribution in [0.1, 0.15) is 25.5 Å². The second kappa shape index (κ2) is 5.82. The number of aryl methyl sites for hydroxylation is 1. The lowest BCUT2D eigenvalue weighted by Gasteiger charge is -2.07. The molecule has 94 valence electrons. The largest absolute Gasteiger partial charge is 0.355 e. The van der Waals surface area contributed by atoms with E-state index in [0.29, 0.717) is 12.5 Å². The van der Waals surface area contributed by atoms with Crippen LogP contribution >= 0.6 is 0 Å². The fraction of sp³-hybridized carbons (Fsp3) is 0.667. The highest BCUT2D eigenvalue weighted by Crippen LogP contribution is 2.28. The van der Waals surface area contributed by atoms with Crippen molar-refractivity contribution in [2.45, 2.75) is 32.9 Å². The minimum absolute atomic E-state index is 0.213. The van der Waals surface area contributed by atoms with E-state index in [4.69, 9.17) is 0 Å². The molecule has 0 bridgehead atoms. The van der Waals surface area contributed by atoms with Crippen LogP contribution in [0.15, 0.2) is 12.3 Å². The summed E-state index contributed by atoms with van der Waals surface area (Å²) in [5, 5.41) is 10.4. The number of nitrogens with zero attached hydrogens (tertiary/aromatic N) is 2. The molecule has 5 heteroatoms. The van der Waals surface area contributed by atoms with E-state index in [1.807, 2.05) is 16.9 Å². The fourth-order valence-electron chi connectivity index (χ4n) is 1.78. The maximum absolute atomic E-state index is 11.3. The first-order valence-electron chi connectivity index (χ1n) is 6.30. The third-order valence-electron chi connectivity index (χ3n) is 2.96. The van der Waals surface area contributed by atoms with Crippen LogP contribution in [0.25, 0.3) is 0 Å². The summed E-state index contributed by atoms with van der Waals surface area (Å²) >= 11 is 0. The van der Waals surface area contributed by atoms with Crippen molar-refractivity contribution in [3.05, 3.63) is 18.0 Å². The lowest BCUT2D eigenvalue weighted by Crippen LogP contribution is -2.32. The molecule has 0 aliphatic heterocycles. The first-order chi connectivity index (χ1) is 8.31. The highest BCUT2D eigenvalue weighted by atomic mass is 16.2. The van der Waals surface area contributed by atoms with E-state index in [9.17, 15) is 4.79 Å². The summed E-state index contributed by atoms with van der Waals surface area (Å²) in [7, 11) is 0. The Morgan fingerprint density at radius 1 is 1.53 bits per heavy atom. The SMILES string of the molecule is CCn1nccc1CNCCNC(=O)C1CC1. The number of nitrogens with one attached hydrogen (secondary N) is 2. The van der Waals surface area contributed by atoms with Gasteiger partial charge >= 0.3 is 0 Å². The van der Waals surface area contributed by atoms with E-state index in [2.05, 4.69) is 22.7 Å². The zero-order valence-electron chi connectivity index (χ0n) is 10.3. The van der Waals surface area contributed by atoms with Gasteiger partial charge in [-0.2, -0.15) is 5.10 Å². The molecule has 1 aromatic rings. The van der Waals surface area contributed by atoms with Crippen LogP contribution in [-0.2, 0) is 17.9 Å². The van der Waals surface area contributed by atoms with Crippen LogP contribution in [0.4, 0.5) is 0 Å². The lowest BCUT2D eigenvalue weighted by atomic mass is 10.4. The topological polar surface area (TPSA) is 59.0 Å². The van der Waals surface area contributed by atoms with Gasteiger partial charge in [-0.25, -0.2) is 0 Å². The average molecular weight is 236 g/mol. The van der Waals surface area contributed by atoms with Crippen molar-refractivity contribution in [3.8, 4) is 0 Å². The van der Waals surface area contributed by atoms with Crippen LogP contribution in [0.2, 0.25) is 0 Å². The van der Waals surface area contributed by atoms with Crippen LogP contribution < -0.4 is 10.6 Å². The predicted molar refractivity (Wildman–Crippen MR) is 65.3 cm³/mol. The summed E-state index contributed by atoms with van der Waals surface area (Å²) < 4.78 is 1.97. The molecule has 17 heavy (non-hydrogen) atoms. The van der Waals surface area contributed by atoms with Gasteiger partial charge < -0.3 is 10.6 Å². The summed E-state index contributed by atoms with van der Waals surface area (Å²) in [6, 6.07) is 2.01. The summed E-state index contributed by atoms with van der Waals surface area (Å²) in [5.74, 6) is 0.516. The molecule has 0 saturated heterocycles. The zero-order chi connectivity index (χ0) is 12.1. The third kappa shape index (κ3) is 3.56. The molecular weight excluding hydrogens is 216 g/mol. The average Bonchev–Trinajstić information content (AvgIpc) is 3.09. The molecule has 1 saturated carbocycles. The molecule has 0 atom stereocenters. The molecule has 1 fully saturated rings. The van der Waals surface area contributed by atoms with Gasteiger partial charge in [-0.15, -0.1) is 0 Å². The molecule has 5 nitrogen and oxygen atoms in total. The molecule has 1 aromatic heterocycles. The zero-order valence-corrected chi connectivity index (χ0v) is 10.3. The molecular formula is C12H20N4O. The molecule has 1 aliphatic carbocycles. The Hall–Kier alpha value is -1.36. The van der Waals surface area contributed by atoms with Crippen molar-refractivity contribution in [1.29, 1.82) is 0 Å². The van der Waals surface area contributed by atoms with Gasteiger partial charge in [-0.1, -0.05) is 0 Å². The lowest BCUT2D eigenvalue weighted by molar-refractivity contribution is -0.122. The Kier molecular flexibility index (Phi) is 4.14. The third-order valence-corrected chi connectivity index (χ3v) is 2.96. The van der Waals surface area contributed by atoms with Gasteiger partial charge in [0.25, 0.3) is 0 Å². The van der Waals surface area contributed by atoms with Gasteiger partial charge in [0.2, 0.25) is 5.91 Å². The Bertz CT molecular complexity index is 370. The number of hydrogen-bond acceptors (Lipinski definition) is 3. The van der Waals surface area contributed by atoms with Crippen molar-refractivity contribution in [3.63, 3.8) is 0 Å². The van der Waals surface area contributed by atoms with Crippen molar-refractivity contribution in [2.24, 2.45) is 5.92 Å². The summed E-state index contributed by atoms with van der Waals surface area (Å²) in [5.41, 5.74) is 1.18. The smallest absolute Gasteiger partial charge is 0.223 e. The van der Waals surface area contributed by atoms with Gasteiger partial charge in [0.1, 0.15) is 0 Å². The molecule has 0 aromatic carbocycles.